The second-order valence-electron chi connectivity index (χ2n) is 4.09. The molecular formula is C14H13BrN2O2. The fourth-order valence-corrected chi connectivity index (χ4v) is 2.18. The second-order valence-corrected chi connectivity index (χ2v) is 5.01. The largest absolute Gasteiger partial charge is 0.478 e. The van der Waals surface area contributed by atoms with Crippen molar-refractivity contribution < 1.29 is 9.90 Å². The summed E-state index contributed by atoms with van der Waals surface area (Å²) in [6.45, 7) is 0.545. The molecule has 2 rings (SSSR count). The van der Waals surface area contributed by atoms with Crippen molar-refractivity contribution in [2.75, 3.05) is 11.1 Å². The van der Waals surface area contributed by atoms with Gasteiger partial charge in [0.05, 0.1) is 5.56 Å². The third-order valence-electron chi connectivity index (χ3n) is 2.65. The van der Waals surface area contributed by atoms with Crippen molar-refractivity contribution in [1.82, 2.24) is 0 Å². The van der Waals surface area contributed by atoms with Gasteiger partial charge in [0, 0.05) is 22.4 Å². The monoisotopic (exact) mass is 320 g/mol. The number of hydrogen-bond donors (Lipinski definition) is 3. The Morgan fingerprint density at radius 2 is 2.05 bits per heavy atom. The van der Waals surface area contributed by atoms with Gasteiger partial charge in [0.1, 0.15) is 0 Å². The van der Waals surface area contributed by atoms with E-state index in [-0.39, 0.29) is 5.56 Å². The molecule has 0 heterocycles. The van der Waals surface area contributed by atoms with Crippen LogP contribution in [0.2, 0.25) is 0 Å². The molecule has 0 radical (unpaired) electrons. The van der Waals surface area contributed by atoms with E-state index in [4.69, 9.17) is 10.8 Å². The third-order valence-corrected chi connectivity index (χ3v) is 3.14. The first-order valence-electron chi connectivity index (χ1n) is 5.67. The number of nitrogens with two attached hydrogens (primary N) is 1. The number of carbonyl (C=O) groups is 1. The molecule has 0 atom stereocenters. The van der Waals surface area contributed by atoms with E-state index in [1.807, 2.05) is 24.3 Å². The van der Waals surface area contributed by atoms with E-state index in [2.05, 4.69) is 21.2 Å². The van der Waals surface area contributed by atoms with Crippen LogP contribution in [0.3, 0.4) is 0 Å². The van der Waals surface area contributed by atoms with Gasteiger partial charge in [-0.15, -0.1) is 0 Å². The third kappa shape index (κ3) is 3.48. The number of nitrogens with one attached hydrogen (secondary N) is 1. The number of benzene rings is 2. The summed E-state index contributed by atoms with van der Waals surface area (Å²) in [6, 6.07) is 12.6. The van der Waals surface area contributed by atoms with Crippen LogP contribution in [0.25, 0.3) is 0 Å². The summed E-state index contributed by atoms with van der Waals surface area (Å²) in [6.07, 6.45) is 0. The van der Waals surface area contributed by atoms with Crippen LogP contribution in [-0.2, 0) is 6.54 Å². The molecule has 2 aromatic carbocycles. The lowest BCUT2D eigenvalue weighted by Gasteiger charge is -2.10. The van der Waals surface area contributed by atoms with Crippen molar-refractivity contribution >= 4 is 33.3 Å². The molecule has 0 saturated carbocycles. The smallest absolute Gasteiger partial charge is 0.337 e. The molecular weight excluding hydrogens is 308 g/mol. The Labute approximate surface area is 119 Å². The maximum atomic E-state index is 11.1. The molecule has 4 nitrogen and oxygen atoms in total. The Balaban J connectivity index is 2.17. The average Bonchev–Trinajstić information content (AvgIpc) is 2.37. The molecule has 0 aliphatic heterocycles. The molecule has 4 N–H and O–H groups in total. The summed E-state index contributed by atoms with van der Waals surface area (Å²) < 4.78 is 0.988. The number of carboxylic acids is 1. The number of anilines is 2. The first kappa shape index (κ1) is 13.4. The summed E-state index contributed by atoms with van der Waals surface area (Å²) in [7, 11) is 0. The van der Waals surface area contributed by atoms with E-state index in [0.29, 0.717) is 17.9 Å². The van der Waals surface area contributed by atoms with Gasteiger partial charge in [-0.1, -0.05) is 28.1 Å². The number of nitrogen functional groups attached to an aromatic ring is 1. The number of aromatic carboxylic acids is 1. The zero-order valence-electron chi connectivity index (χ0n) is 10.1. The van der Waals surface area contributed by atoms with Gasteiger partial charge in [0.25, 0.3) is 0 Å². The van der Waals surface area contributed by atoms with Crippen molar-refractivity contribution in [2.45, 2.75) is 6.54 Å². The predicted octanol–water partition coefficient (Wildman–Crippen LogP) is 3.34. The summed E-state index contributed by atoms with van der Waals surface area (Å²) in [5.74, 6) is -0.996. The fourth-order valence-electron chi connectivity index (χ4n) is 1.74. The van der Waals surface area contributed by atoms with Crippen molar-refractivity contribution in [3.63, 3.8) is 0 Å². The van der Waals surface area contributed by atoms with E-state index in [9.17, 15) is 4.79 Å². The highest BCUT2D eigenvalue weighted by Gasteiger charge is 2.10. The first-order chi connectivity index (χ1) is 9.06. The van der Waals surface area contributed by atoms with Crippen LogP contribution in [-0.4, -0.2) is 11.1 Å². The lowest BCUT2D eigenvalue weighted by Crippen LogP contribution is -2.07. The number of hydrogen-bond acceptors (Lipinski definition) is 3. The van der Waals surface area contributed by atoms with Crippen molar-refractivity contribution in [3.05, 3.63) is 58.1 Å². The lowest BCUT2D eigenvalue weighted by atomic mass is 10.1. The SMILES string of the molecule is Nc1ccc(NCc2cccc(Br)c2)c(C(=O)O)c1. The Kier molecular flexibility index (Phi) is 4.06. The fraction of sp³-hybridized carbons (Fsp3) is 0.0714. The molecule has 0 unspecified atom stereocenters. The van der Waals surface area contributed by atoms with E-state index in [1.54, 1.807) is 12.1 Å². The molecule has 0 aliphatic rings. The average molecular weight is 321 g/mol. The number of rotatable bonds is 4. The highest BCUT2D eigenvalue weighted by molar-refractivity contribution is 9.10. The van der Waals surface area contributed by atoms with Gasteiger partial charge in [-0.3, -0.25) is 0 Å². The molecule has 5 heteroatoms. The minimum atomic E-state index is -0.996. The summed E-state index contributed by atoms with van der Waals surface area (Å²) >= 11 is 3.40. The van der Waals surface area contributed by atoms with Crippen molar-refractivity contribution in [1.29, 1.82) is 0 Å². The van der Waals surface area contributed by atoms with Gasteiger partial charge in [-0.05, 0) is 35.9 Å². The van der Waals surface area contributed by atoms with Crippen LogP contribution >= 0.6 is 15.9 Å². The normalized spacial score (nSPS) is 10.2. The first-order valence-corrected chi connectivity index (χ1v) is 6.46. The van der Waals surface area contributed by atoms with Crippen molar-refractivity contribution in [2.24, 2.45) is 0 Å². The molecule has 2 aromatic rings. The molecule has 0 spiro atoms. The van der Waals surface area contributed by atoms with Gasteiger partial charge in [0.15, 0.2) is 0 Å². The second kappa shape index (κ2) is 5.75. The van der Waals surface area contributed by atoms with E-state index >= 15 is 0 Å². The van der Waals surface area contributed by atoms with Crippen LogP contribution in [0, 0.1) is 0 Å². The molecule has 19 heavy (non-hydrogen) atoms. The highest BCUT2D eigenvalue weighted by atomic mass is 79.9. The van der Waals surface area contributed by atoms with E-state index in [0.717, 1.165) is 10.0 Å². The van der Waals surface area contributed by atoms with E-state index < -0.39 is 5.97 Å². The number of halogens is 1. The summed E-state index contributed by atoms with van der Waals surface area (Å²) in [5.41, 5.74) is 7.82. The predicted molar refractivity (Wildman–Crippen MR) is 79.3 cm³/mol. The molecule has 98 valence electrons. The Bertz CT molecular complexity index is 614. The molecule has 0 aliphatic carbocycles. The van der Waals surface area contributed by atoms with Gasteiger partial charge in [-0.2, -0.15) is 0 Å². The minimum absolute atomic E-state index is 0.176. The van der Waals surface area contributed by atoms with Crippen LogP contribution in [0.15, 0.2) is 46.9 Å². The highest BCUT2D eigenvalue weighted by Crippen LogP contribution is 2.20. The molecule has 0 bridgehead atoms. The van der Waals surface area contributed by atoms with Crippen LogP contribution in [0.1, 0.15) is 15.9 Å². The van der Waals surface area contributed by atoms with Crippen LogP contribution in [0.4, 0.5) is 11.4 Å². The maximum Gasteiger partial charge on any atom is 0.337 e. The lowest BCUT2D eigenvalue weighted by molar-refractivity contribution is 0.0698. The Morgan fingerprint density at radius 3 is 2.74 bits per heavy atom. The number of carboxylic acid groups (broad SMARTS) is 1. The minimum Gasteiger partial charge on any atom is -0.478 e. The van der Waals surface area contributed by atoms with Crippen molar-refractivity contribution in [3.8, 4) is 0 Å². The molecule has 0 fully saturated rings. The molecule has 0 amide bonds. The zero-order valence-corrected chi connectivity index (χ0v) is 11.6. The quantitative estimate of drug-likeness (QED) is 0.755. The van der Waals surface area contributed by atoms with Crippen LogP contribution < -0.4 is 11.1 Å². The standard InChI is InChI=1S/C14H13BrN2O2/c15-10-3-1-2-9(6-10)8-17-13-5-4-11(16)7-12(13)14(18)19/h1-7,17H,8,16H2,(H,18,19). The zero-order chi connectivity index (χ0) is 13.8. The van der Waals surface area contributed by atoms with Gasteiger partial charge >= 0.3 is 5.97 Å². The molecule has 0 aromatic heterocycles. The summed E-state index contributed by atoms with van der Waals surface area (Å²) in [5, 5.41) is 12.2. The van der Waals surface area contributed by atoms with E-state index in [1.165, 1.54) is 6.07 Å². The van der Waals surface area contributed by atoms with Gasteiger partial charge in [0.2, 0.25) is 0 Å². The summed E-state index contributed by atoms with van der Waals surface area (Å²) in [4.78, 5) is 11.1. The van der Waals surface area contributed by atoms with Crippen LogP contribution in [0.5, 0.6) is 0 Å². The maximum absolute atomic E-state index is 11.1. The van der Waals surface area contributed by atoms with Gasteiger partial charge < -0.3 is 16.2 Å². The molecule has 0 saturated heterocycles. The van der Waals surface area contributed by atoms with Gasteiger partial charge in [-0.25, -0.2) is 4.79 Å². The Morgan fingerprint density at radius 1 is 1.26 bits per heavy atom. The Hall–Kier alpha value is -2.01. The topological polar surface area (TPSA) is 75.3 Å².